The maximum Gasteiger partial charge on any atom is 0.221 e. The summed E-state index contributed by atoms with van der Waals surface area (Å²) in [6.07, 6.45) is 0. The molecule has 0 heterocycles. The van der Waals surface area contributed by atoms with Crippen LogP contribution in [0.25, 0.3) is 0 Å². The number of hydrogen-bond acceptors (Lipinski definition) is 2. The van der Waals surface area contributed by atoms with Crippen molar-refractivity contribution in [3.8, 4) is 0 Å². The first kappa shape index (κ1) is 15.5. The van der Waals surface area contributed by atoms with Crippen LogP contribution >= 0.6 is 11.6 Å². The van der Waals surface area contributed by atoms with Crippen LogP contribution in [0.15, 0.2) is 48.5 Å². The topological polar surface area (TPSA) is 41.1 Å². The molecule has 1 unspecified atom stereocenters. The molecule has 0 radical (unpaired) electrons. The van der Waals surface area contributed by atoms with Gasteiger partial charge in [0.1, 0.15) is 0 Å². The van der Waals surface area contributed by atoms with Crippen LogP contribution in [0.5, 0.6) is 0 Å². The maximum atomic E-state index is 11.1. The summed E-state index contributed by atoms with van der Waals surface area (Å²) in [5, 5.41) is 7.00. The number of amides is 1. The second-order valence-electron chi connectivity index (χ2n) is 5.04. The van der Waals surface area contributed by atoms with Crippen LogP contribution in [0.4, 0.5) is 5.69 Å². The molecule has 21 heavy (non-hydrogen) atoms. The maximum absolute atomic E-state index is 11.1. The molecule has 0 aliphatic rings. The molecule has 2 aromatic rings. The summed E-state index contributed by atoms with van der Waals surface area (Å²) in [6.45, 7) is 4.38. The van der Waals surface area contributed by atoms with E-state index >= 15 is 0 Å². The number of hydrogen-bond donors (Lipinski definition) is 2. The third-order valence-corrected chi connectivity index (χ3v) is 3.48. The van der Waals surface area contributed by atoms with Gasteiger partial charge in [-0.3, -0.25) is 4.79 Å². The Morgan fingerprint density at radius 3 is 2.57 bits per heavy atom. The van der Waals surface area contributed by atoms with Gasteiger partial charge in [0.2, 0.25) is 5.91 Å². The number of halogens is 1. The van der Waals surface area contributed by atoms with E-state index in [1.165, 1.54) is 12.5 Å². The Morgan fingerprint density at radius 1 is 1.19 bits per heavy atom. The molecule has 0 spiro atoms. The second-order valence-corrected chi connectivity index (χ2v) is 5.47. The highest BCUT2D eigenvalue weighted by molar-refractivity contribution is 6.30. The zero-order valence-corrected chi connectivity index (χ0v) is 12.9. The first-order chi connectivity index (χ1) is 10.0. The average molecular weight is 303 g/mol. The van der Waals surface area contributed by atoms with E-state index in [1.807, 2.05) is 48.5 Å². The smallest absolute Gasteiger partial charge is 0.221 e. The molecule has 3 nitrogen and oxygen atoms in total. The van der Waals surface area contributed by atoms with Crippen molar-refractivity contribution in [2.24, 2.45) is 0 Å². The Morgan fingerprint density at radius 2 is 1.90 bits per heavy atom. The molecule has 0 saturated heterocycles. The van der Waals surface area contributed by atoms with Gasteiger partial charge in [-0.1, -0.05) is 35.9 Å². The third-order valence-electron chi connectivity index (χ3n) is 3.23. The Balaban J connectivity index is 1.98. The number of carbonyl (C=O) groups is 1. The van der Waals surface area contributed by atoms with Crippen LogP contribution in [0.3, 0.4) is 0 Å². The van der Waals surface area contributed by atoms with Crippen LogP contribution in [-0.4, -0.2) is 5.91 Å². The summed E-state index contributed by atoms with van der Waals surface area (Å²) >= 11 is 5.87. The number of carbonyl (C=O) groups excluding carboxylic acids is 1. The summed E-state index contributed by atoms with van der Waals surface area (Å²) in [5.74, 6) is -0.0612. The highest BCUT2D eigenvalue weighted by atomic mass is 35.5. The first-order valence-corrected chi connectivity index (χ1v) is 7.28. The van der Waals surface area contributed by atoms with Crippen molar-refractivity contribution in [3.63, 3.8) is 0 Å². The minimum absolute atomic E-state index is 0.0612. The van der Waals surface area contributed by atoms with Crippen molar-refractivity contribution in [2.75, 3.05) is 5.32 Å². The summed E-state index contributed by atoms with van der Waals surface area (Å²) < 4.78 is 0. The highest BCUT2D eigenvalue weighted by Gasteiger charge is 2.06. The molecule has 0 aromatic heterocycles. The van der Waals surface area contributed by atoms with Crippen LogP contribution in [0.1, 0.15) is 31.0 Å². The molecular weight excluding hydrogens is 284 g/mol. The van der Waals surface area contributed by atoms with Gasteiger partial charge in [-0.15, -0.1) is 0 Å². The lowest BCUT2D eigenvalue weighted by Crippen LogP contribution is -2.18. The molecular formula is C17H19ClN2O. The van der Waals surface area contributed by atoms with E-state index in [-0.39, 0.29) is 11.9 Å². The van der Waals surface area contributed by atoms with E-state index in [0.29, 0.717) is 0 Å². The van der Waals surface area contributed by atoms with Gasteiger partial charge in [-0.2, -0.15) is 0 Å². The Labute approximate surface area is 130 Å². The van der Waals surface area contributed by atoms with Crippen molar-refractivity contribution in [1.29, 1.82) is 0 Å². The fourth-order valence-corrected chi connectivity index (χ4v) is 2.21. The molecule has 0 bridgehead atoms. The van der Waals surface area contributed by atoms with Crippen LogP contribution < -0.4 is 10.6 Å². The quantitative estimate of drug-likeness (QED) is 0.871. The van der Waals surface area contributed by atoms with Crippen LogP contribution in [0.2, 0.25) is 5.02 Å². The van der Waals surface area contributed by atoms with Gasteiger partial charge in [0, 0.05) is 30.2 Å². The molecule has 0 fully saturated rings. The number of anilines is 1. The molecule has 2 N–H and O–H groups in total. The normalized spacial score (nSPS) is 12.0. The largest absolute Gasteiger partial charge is 0.326 e. The van der Waals surface area contributed by atoms with Gasteiger partial charge in [0.25, 0.3) is 0 Å². The summed E-state index contributed by atoms with van der Waals surface area (Å²) in [7, 11) is 0. The lowest BCUT2D eigenvalue weighted by atomic mass is 10.1. The molecule has 0 saturated carbocycles. The fourth-order valence-electron chi connectivity index (χ4n) is 2.08. The van der Waals surface area contributed by atoms with Gasteiger partial charge < -0.3 is 10.6 Å². The van der Waals surface area contributed by atoms with Gasteiger partial charge >= 0.3 is 0 Å². The lowest BCUT2D eigenvalue weighted by molar-refractivity contribution is -0.114. The van der Waals surface area contributed by atoms with Crippen molar-refractivity contribution >= 4 is 23.2 Å². The van der Waals surface area contributed by atoms with Gasteiger partial charge in [-0.25, -0.2) is 0 Å². The van der Waals surface area contributed by atoms with E-state index < -0.39 is 0 Å². The van der Waals surface area contributed by atoms with Gasteiger partial charge in [0.05, 0.1) is 0 Å². The molecule has 1 amide bonds. The van der Waals surface area contributed by atoms with E-state index in [1.54, 1.807) is 0 Å². The molecule has 110 valence electrons. The summed E-state index contributed by atoms with van der Waals surface area (Å²) in [6, 6.07) is 15.9. The van der Waals surface area contributed by atoms with Crippen LogP contribution in [0, 0.1) is 0 Å². The highest BCUT2D eigenvalue weighted by Crippen LogP contribution is 2.18. The number of rotatable bonds is 5. The molecule has 0 aliphatic heterocycles. The van der Waals surface area contributed by atoms with Gasteiger partial charge in [0.15, 0.2) is 0 Å². The minimum Gasteiger partial charge on any atom is -0.326 e. The Kier molecular flexibility index (Phi) is 5.37. The first-order valence-electron chi connectivity index (χ1n) is 6.90. The molecule has 2 aromatic carbocycles. The zero-order chi connectivity index (χ0) is 15.2. The monoisotopic (exact) mass is 302 g/mol. The number of nitrogens with one attached hydrogen (secondary N) is 2. The SMILES string of the molecule is CC(=O)Nc1cccc(C(C)NCc2ccc(Cl)cc2)c1. The van der Waals surface area contributed by atoms with Gasteiger partial charge in [-0.05, 0) is 42.3 Å². The predicted molar refractivity (Wildman–Crippen MR) is 87.5 cm³/mol. The van der Waals surface area contributed by atoms with Crippen molar-refractivity contribution in [3.05, 3.63) is 64.7 Å². The minimum atomic E-state index is -0.0612. The second kappa shape index (κ2) is 7.25. The third kappa shape index (κ3) is 4.88. The van der Waals surface area contributed by atoms with E-state index in [0.717, 1.165) is 22.8 Å². The fraction of sp³-hybridized carbons (Fsp3) is 0.235. The predicted octanol–water partition coefficient (Wildman–Crippen LogP) is 4.15. The molecule has 0 aliphatic carbocycles. The Hall–Kier alpha value is -1.84. The van der Waals surface area contributed by atoms with Crippen molar-refractivity contribution < 1.29 is 4.79 Å². The summed E-state index contributed by atoms with van der Waals surface area (Å²) in [5.41, 5.74) is 3.14. The molecule has 2 rings (SSSR count). The number of benzene rings is 2. The van der Waals surface area contributed by atoms with E-state index in [4.69, 9.17) is 11.6 Å². The average Bonchev–Trinajstić information content (AvgIpc) is 2.46. The molecule has 1 atom stereocenters. The molecule has 4 heteroatoms. The van der Waals surface area contributed by atoms with E-state index in [9.17, 15) is 4.79 Å². The van der Waals surface area contributed by atoms with Crippen molar-refractivity contribution in [2.45, 2.75) is 26.4 Å². The summed E-state index contributed by atoms with van der Waals surface area (Å²) in [4.78, 5) is 11.1. The van der Waals surface area contributed by atoms with Crippen LogP contribution in [-0.2, 0) is 11.3 Å². The lowest BCUT2D eigenvalue weighted by Gasteiger charge is -2.15. The standard InChI is InChI=1S/C17H19ClN2O/c1-12(19-11-14-6-8-16(18)9-7-14)15-4-3-5-17(10-15)20-13(2)21/h3-10,12,19H,11H2,1-2H3,(H,20,21). The zero-order valence-electron chi connectivity index (χ0n) is 12.2. The Bertz CT molecular complexity index is 610. The van der Waals surface area contributed by atoms with E-state index in [2.05, 4.69) is 17.6 Å². The van der Waals surface area contributed by atoms with Crippen molar-refractivity contribution in [1.82, 2.24) is 5.32 Å².